The summed E-state index contributed by atoms with van der Waals surface area (Å²) in [6.45, 7) is 0.869. The summed E-state index contributed by atoms with van der Waals surface area (Å²) in [6.07, 6.45) is 0.828. The van der Waals surface area contributed by atoms with Gasteiger partial charge in [0.1, 0.15) is 23.1 Å². The van der Waals surface area contributed by atoms with E-state index in [4.69, 9.17) is 4.74 Å². The average molecular weight is 368 g/mol. The Morgan fingerprint density at radius 2 is 1.88 bits per heavy atom. The number of para-hydroxylation sites is 2. The molecule has 3 aromatic rings. The predicted octanol–water partition coefficient (Wildman–Crippen LogP) is 3.33. The van der Waals surface area contributed by atoms with Crippen LogP contribution in [0.1, 0.15) is 16.3 Å². The van der Waals surface area contributed by atoms with E-state index in [1.54, 1.807) is 12.1 Å². The lowest BCUT2D eigenvalue weighted by Gasteiger charge is -2.06. The van der Waals surface area contributed by atoms with E-state index in [1.165, 1.54) is 11.3 Å². The van der Waals surface area contributed by atoms with Crippen molar-refractivity contribution < 1.29 is 14.6 Å². The number of aromatic hydroxyl groups is 1. The molecule has 0 atom stereocenters. The largest absolute Gasteiger partial charge is 0.508 e. The maximum Gasteiger partial charge on any atom is 0.226 e. The van der Waals surface area contributed by atoms with Gasteiger partial charge < -0.3 is 15.2 Å². The first-order valence-corrected chi connectivity index (χ1v) is 9.23. The first-order valence-electron chi connectivity index (χ1n) is 8.35. The van der Waals surface area contributed by atoms with Crippen molar-refractivity contribution in [2.24, 2.45) is 0 Å². The first-order chi connectivity index (χ1) is 12.7. The third-order valence-electron chi connectivity index (χ3n) is 3.75. The third kappa shape index (κ3) is 5.32. The lowest BCUT2D eigenvalue weighted by atomic mass is 10.1. The van der Waals surface area contributed by atoms with E-state index in [1.807, 2.05) is 47.8 Å². The van der Waals surface area contributed by atoms with Crippen LogP contribution in [0.5, 0.6) is 11.5 Å². The molecule has 2 aromatic carbocycles. The van der Waals surface area contributed by atoms with Crippen LogP contribution in [0.3, 0.4) is 0 Å². The Kier molecular flexibility index (Phi) is 6.22. The van der Waals surface area contributed by atoms with Crippen LogP contribution in [0.25, 0.3) is 0 Å². The number of ether oxygens (including phenoxy) is 1. The van der Waals surface area contributed by atoms with Gasteiger partial charge in [0.05, 0.1) is 12.1 Å². The summed E-state index contributed by atoms with van der Waals surface area (Å²) in [5, 5.41) is 15.3. The van der Waals surface area contributed by atoms with E-state index < -0.39 is 0 Å². The van der Waals surface area contributed by atoms with Crippen molar-refractivity contribution in [3.05, 3.63) is 76.2 Å². The van der Waals surface area contributed by atoms with Gasteiger partial charge in [-0.25, -0.2) is 4.98 Å². The summed E-state index contributed by atoms with van der Waals surface area (Å²) >= 11 is 1.48. The van der Waals surface area contributed by atoms with Gasteiger partial charge in [0.15, 0.2) is 0 Å². The fourth-order valence-electron chi connectivity index (χ4n) is 2.44. The number of amides is 1. The van der Waals surface area contributed by atoms with Crippen molar-refractivity contribution in [1.29, 1.82) is 0 Å². The monoisotopic (exact) mass is 368 g/mol. The van der Waals surface area contributed by atoms with Crippen LogP contribution in [-0.4, -0.2) is 22.5 Å². The Balaban J connectivity index is 1.42. The number of thiazole rings is 1. The maximum atomic E-state index is 12.0. The number of benzene rings is 2. The second-order valence-corrected chi connectivity index (χ2v) is 6.68. The van der Waals surface area contributed by atoms with Crippen LogP contribution >= 0.6 is 11.3 Å². The van der Waals surface area contributed by atoms with E-state index in [0.29, 0.717) is 19.6 Å². The van der Waals surface area contributed by atoms with Crippen LogP contribution in [-0.2, 0) is 24.2 Å². The molecule has 0 radical (unpaired) electrons. The van der Waals surface area contributed by atoms with E-state index >= 15 is 0 Å². The topological polar surface area (TPSA) is 71.5 Å². The SMILES string of the molecule is O=C(Cc1csc(COc2ccccc2)n1)NCCc1ccccc1O. The molecular formula is C20H20N2O3S. The van der Waals surface area contributed by atoms with Gasteiger partial charge in [-0.3, -0.25) is 4.79 Å². The molecule has 0 saturated carbocycles. The summed E-state index contributed by atoms with van der Waals surface area (Å²) in [6, 6.07) is 16.7. The second kappa shape index (κ2) is 9.01. The zero-order valence-electron chi connectivity index (χ0n) is 14.2. The van der Waals surface area contributed by atoms with Gasteiger partial charge in [0.25, 0.3) is 0 Å². The van der Waals surface area contributed by atoms with Gasteiger partial charge in [-0.1, -0.05) is 36.4 Å². The highest BCUT2D eigenvalue weighted by atomic mass is 32.1. The molecular weight excluding hydrogens is 348 g/mol. The van der Waals surface area contributed by atoms with Crippen molar-refractivity contribution in [3.63, 3.8) is 0 Å². The molecule has 1 aromatic heterocycles. The Labute approximate surface area is 156 Å². The van der Waals surface area contributed by atoms with Gasteiger partial charge in [0, 0.05) is 11.9 Å². The number of carbonyl (C=O) groups is 1. The summed E-state index contributed by atoms with van der Waals surface area (Å²) < 4.78 is 5.66. The van der Waals surface area contributed by atoms with Gasteiger partial charge in [-0.2, -0.15) is 0 Å². The molecule has 0 fully saturated rings. The fraction of sp³-hybridized carbons (Fsp3) is 0.200. The van der Waals surface area contributed by atoms with Crippen molar-refractivity contribution in [2.75, 3.05) is 6.54 Å². The minimum atomic E-state index is -0.0822. The highest BCUT2D eigenvalue weighted by molar-refractivity contribution is 7.09. The average Bonchev–Trinajstić information content (AvgIpc) is 3.10. The van der Waals surface area contributed by atoms with E-state index in [0.717, 1.165) is 22.0 Å². The van der Waals surface area contributed by atoms with Crippen molar-refractivity contribution in [3.8, 4) is 11.5 Å². The molecule has 6 heteroatoms. The molecule has 26 heavy (non-hydrogen) atoms. The van der Waals surface area contributed by atoms with Crippen LogP contribution in [0.15, 0.2) is 60.0 Å². The van der Waals surface area contributed by atoms with Crippen LogP contribution in [0.4, 0.5) is 0 Å². The predicted molar refractivity (Wildman–Crippen MR) is 101 cm³/mol. The Morgan fingerprint density at radius 1 is 1.12 bits per heavy atom. The molecule has 2 N–H and O–H groups in total. The quantitative estimate of drug-likeness (QED) is 0.640. The lowest BCUT2D eigenvalue weighted by molar-refractivity contribution is -0.120. The molecule has 0 aliphatic heterocycles. The maximum absolute atomic E-state index is 12.0. The smallest absolute Gasteiger partial charge is 0.226 e. The fourth-order valence-corrected chi connectivity index (χ4v) is 3.15. The van der Waals surface area contributed by atoms with Crippen LogP contribution in [0.2, 0.25) is 0 Å². The lowest BCUT2D eigenvalue weighted by Crippen LogP contribution is -2.27. The number of rotatable bonds is 8. The minimum Gasteiger partial charge on any atom is -0.508 e. The summed E-state index contributed by atoms with van der Waals surface area (Å²) in [7, 11) is 0. The first kappa shape index (κ1) is 17.9. The van der Waals surface area contributed by atoms with Crippen molar-refractivity contribution in [1.82, 2.24) is 10.3 Å². The highest BCUT2D eigenvalue weighted by Gasteiger charge is 2.08. The number of nitrogens with one attached hydrogen (secondary N) is 1. The Bertz CT molecular complexity index is 849. The standard InChI is InChI=1S/C20H20N2O3S/c23-18-9-5-4-6-15(18)10-11-21-19(24)12-16-14-26-20(22-16)13-25-17-7-2-1-3-8-17/h1-9,14,23H,10-13H2,(H,21,24). The van der Waals surface area contributed by atoms with Crippen molar-refractivity contribution >= 4 is 17.2 Å². The van der Waals surface area contributed by atoms with Crippen molar-refractivity contribution in [2.45, 2.75) is 19.4 Å². The molecule has 3 rings (SSSR count). The molecule has 5 nitrogen and oxygen atoms in total. The number of nitrogens with zero attached hydrogens (tertiary/aromatic N) is 1. The summed E-state index contributed by atoms with van der Waals surface area (Å²) in [5.41, 5.74) is 1.56. The van der Waals surface area contributed by atoms with E-state index in [9.17, 15) is 9.90 Å². The zero-order chi connectivity index (χ0) is 18.2. The number of carbonyl (C=O) groups excluding carboxylic acids is 1. The molecule has 0 unspecified atom stereocenters. The number of hydrogen-bond donors (Lipinski definition) is 2. The van der Waals surface area contributed by atoms with Crippen LogP contribution in [0, 0.1) is 0 Å². The zero-order valence-corrected chi connectivity index (χ0v) is 15.0. The van der Waals surface area contributed by atoms with Crippen LogP contribution < -0.4 is 10.1 Å². The Morgan fingerprint density at radius 3 is 2.69 bits per heavy atom. The molecule has 1 amide bonds. The minimum absolute atomic E-state index is 0.0822. The number of phenolic OH excluding ortho intramolecular Hbond substituents is 1. The van der Waals surface area contributed by atoms with Gasteiger partial charge >= 0.3 is 0 Å². The van der Waals surface area contributed by atoms with E-state index in [2.05, 4.69) is 10.3 Å². The normalized spacial score (nSPS) is 10.5. The van der Waals surface area contributed by atoms with Gasteiger partial charge in [-0.05, 0) is 30.2 Å². The molecule has 134 valence electrons. The molecule has 0 aliphatic carbocycles. The van der Waals surface area contributed by atoms with Gasteiger partial charge in [0.2, 0.25) is 5.91 Å². The highest BCUT2D eigenvalue weighted by Crippen LogP contribution is 2.16. The third-order valence-corrected chi connectivity index (χ3v) is 4.63. The molecule has 0 bridgehead atoms. The molecule has 0 spiro atoms. The number of aromatic nitrogens is 1. The number of hydrogen-bond acceptors (Lipinski definition) is 5. The second-order valence-electron chi connectivity index (χ2n) is 5.74. The molecule has 1 heterocycles. The number of phenols is 1. The summed E-state index contributed by atoms with van der Waals surface area (Å²) in [4.78, 5) is 16.5. The van der Waals surface area contributed by atoms with E-state index in [-0.39, 0.29) is 18.1 Å². The Hall–Kier alpha value is -2.86. The molecule has 0 saturated heterocycles. The summed E-state index contributed by atoms with van der Waals surface area (Å²) in [5.74, 6) is 0.969. The molecule has 0 aliphatic rings. The van der Waals surface area contributed by atoms with Gasteiger partial charge in [-0.15, -0.1) is 11.3 Å².